The van der Waals surface area contributed by atoms with E-state index in [4.69, 9.17) is 37.0 Å². The number of phosphoric acid groups is 2. The van der Waals surface area contributed by atoms with Gasteiger partial charge in [-0.3, -0.25) is 37.3 Å². The zero-order chi connectivity index (χ0) is 70.4. The van der Waals surface area contributed by atoms with Gasteiger partial charge in [0.15, 0.2) is 12.2 Å². The first kappa shape index (κ1) is 92.5. The van der Waals surface area contributed by atoms with Crippen LogP contribution in [0.3, 0.4) is 0 Å². The fraction of sp³-hybridized carbons (Fsp3) is 0.792. The summed E-state index contributed by atoms with van der Waals surface area (Å²) in [5.74, 6) is -2.30. The zero-order valence-corrected chi connectivity index (χ0v) is 62.6. The first-order valence-electron chi connectivity index (χ1n) is 38.2. The molecule has 0 amide bonds. The number of aliphatic hydroxyl groups excluding tert-OH is 1. The molecule has 96 heavy (non-hydrogen) atoms. The lowest BCUT2D eigenvalue weighted by atomic mass is 10.0. The van der Waals surface area contributed by atoms with Crippen molar-refractivity contribution in [1.29, 1.82) is 0 Å². The van der Waals surface area contributed by atoms with Gasteiger partial charge in [0.2, 0.25) is 0 Å². The lowest BCUT2D eigenvalue weighted by Crippen LogP contribution is -2.30. The number of hydrogen-bond donors (Lipinski definition) is 3. The quantitative estimate of drug-likeness (QED) is 0.0169. The van der Waals surface area contributed by atoms with Crippen LogP contribution in [0.25, 0.3) is 0 Å². The fourth-order valence-corrected chi connectivity index (χ4v) is 12.0. The second kappa shape index (κ2) is 70.0. The highest BCUT2D eigenvalue weighted by atomic mass is 31.2. The van der Waals surface area contributed by atoms with Gasteiger partial charge in [-0.25, -0.2) is 9.13 Å². The summed E-state index contributed by atoms with van der Waals surface area (Å²) in [5.41, 5.74) is 0. The molecule has 17 nitrogen and oxygen atoms in total. The lowest BCUT2D eigenvalue weighted by molar-refractivity contribution is -0.161. The highest BCUT2D eigenvalue weighted by molar-refractivity contribution is 7.47. The van der Waals surface area contributed by atoms with Crippen molar-refractivity contribution in [1.82, 2.24) is 0 Å². The van der Waals surface area contributed by atoms with Crippen LogP contribution in [0.5, 0.6) is 0 Å². The molecular weight excluding hydrogens is 1260 g/mol. The number of ether oxygens (including phenoxy) is 4. The summed E-state index contributed by atoms with van der Waals surface area (Å²) in [5, 5.41) is 10.6. The second-order valence-corrected chi connectivity index (χ2v) is 28.5. The van der Waals surface area contributed by atoms with E-state index >= 15 is 0 Å². The van der Waals surface area contributed by atoms with E-state index in [1.54, 1.807) is 6.08 Å². The molecule has 0 aliphatic rings. The van der Waals surface area contributed by atoms with Crippen molar-refractivity contribution in [3.05, 3.63) is 72.9 Å². The molecule has 0 spiro atoms. The van der Waals surface area contributed by atoms with Crippen LogP contribution < -0.4 is 0 Å². The predicted molar refractivity (Wildman–Crippen MR) is 390 cm³/mol. The monoisotopic (exact) mass is 1400 g/mol. The van der Waals surface area contributed by atoms with Gasteiger partial charge in [0.25, 0.3) is 0 Å². The number of unbranched alkanes of at least 4 members (excludes halogenated alkanes) is 35. The van der Waals surface area contributed by atoms with Crippen LogP contribution in [0.4, 0.5) is 0 Å². The number of rotatable bonds is 72. The largest absolute Gasteiger partial charge is 0.472 e. The van der Waals surface area contributed by atoms with E-state index in [0.717, 1.165) is 109 Å². The molecule has 558 valence electrons. The van der Waals surface area contributed by atoms with Crippen molar-refractivity contribution >= 4 is 39.5 Å². The molecule has 19 heteroatoms. The van der Waals surface area contributed by atoms with E-state index in [9.17, 15) is 43.2 Å². The third kappa shape index (κ3) is 69.0. The van der Waals surface area contributed by atoms with E-state index in [1.807, 2.05) is 18.2 Å². The average molecular weight is 1400 g/mol. The van der Waals surface area contributed by atoms with Crippen LogP contribution >= 0.6 is 15.6 Å². The molecule has 0 radical (unpaired) electrons. The Morgan fingerprint density at radius 3 is 0.948 bits per heavy atom. The normalized spacial score (nSPS) is 14.4. The second-order valence-electron chi connectivity index (χ2n) is 25.6. The number of carbonyl (C=O) groups excluding carboxylic acids is 4. The minimum atomic E-state index is -4.99. The van der Waals surface area contributed by atoms with Crippen molar-refractivity contribution in [2.45, 2.75) is 354 Å². The van der Waals surface area contributed by atoms with Gasteiger partial charge < -0.3 is 33.8 Å². The van der Waals surface area contributed by atoms with Crippen molar-refractivity contribution in [2.75, 3.05) is 39.6 Å². The Labute approximate surface area is 583 Å². The van der Waals surface area contributed by atoms with Crippen LogP contribution in [0, 0.1) is 0 Å². The van der Waals surface area contributed by atoms with Crippen molar-refractivity contribution in [3.63, 3.8) is 0 Å². The Balaban J connectivity index is 5.35. The average Bonchev–Trinajstić information content (AvgIpc) is 1.11. The molecule has 0 saturated heterocycles. The molecule has 0 bridgehead atoms. The van der Waals surface area contributed by atoms with Crippen LogP contribution in [-0.4, -0.2) is 96.7 Å². The summed E-state index contributed by atoms with van der Waals surface area (Å²) in [6.45, 7) is 4.65. The Morgan fingerprint density at radius 2 is 0.594 bits per heavy atom. The van der Waals surface area contributed by atoms with Crippen LogP contribution in [0.1, 0.15) is 336 Å². The van der Waals surface area contributed by atoms with E-state index in [-0.39, 0.29) is 25.7 Å². The maximum atomic E-state index is 13.1. The molecule has 0 fully saturated rings. The summed E-state index contributed by atoms with van der Waals surface area (Å²) in [6, 6.07) is 0. The molecule has 0 aromatic rings. The molecule has 0 aliphatic heterocycles. The molecule has 0 aromatic heterocycles. The lowest BCUT2D eigenvalue weighted by Gasteiger charge is -2.21. The van der Waals surface area contributed by atoms with Gasteiger partial charge in [-0.15, -0.1) is 0 Å². The van der Waals surface area contributed by atoms with E-state index in [1.165, 1.54) is 148 Å². The first-order chi connectivity index (χ1) is 46.7. The number of carbonyl (C=O) groups is 4. The minimum absolute atomic E-state index is 0.0672. The van der Waals surface area contributed by atoms with Crippen LogP contribution in [0.15, 0.2) is 72.9 Å². The Kier molecular flexibility index (Phi) is 67.4. The number of phosphoric ester groups is 2. The van der Waals surface area contributed by atoms with E-state index in [0.29, 0.717) is 25.7 Å². The highest BCUT2D eigenvalue weighted by Gasteiger charge is 2.30. The molecular formula is C77H138O17P2. The third-order valence-electron chi connectivity index (χ3n) is 16.2. The maximum absolute atomic E-state index is 13.1. The minimum Gasteiger partial charge on any atom is -0.462 e. The SMILES string of the molecule is CC/C=C\C/C=C\C/C=C\C/C=C\C/C=C\CC(=O)OCC(COP(=O)(O)OCC(O)COP(=O)(O)OCC(COC(=O)CCCCCCCCCCCCCCCCC)OC(=O)CCCCCCCCCCCCCCCCC)OC(=O)CCCCCCC/C=C\CCCC. The topological polar surface area (TPSA) is 237 Å². The molecule has 0 rings (SSSR count). The summed E-state index contributed by atoms with van der Waals surface area (Å²) < 4.78 is 68.3. The zero-order valence-electron chi connectivity index (χ0n) is 60.8. The molecule has 0 saturated carbocycles. The standard InChI is InChI=1S/C77H138O17P2/c1-5-9-13-17-21-25-29-32-35-38-42-45-49-53-57-61-74(79)87-67-72(93-76(81)63-59-55-51-47-41-28-24-20-16-12-8-4)69-91-95(83,84)89-65-71(78)66-90-96(85,86)92-70-73(94-77(82)64-60-56-52-48-44-40-37-34-31-27-23-19-15-11-7-3)68-88-75(80)62-58-54-50-46-43-39-36-33-30-26-22-18-14-10-6-2/h9,13,20-21,24-25,32,35,42,45,53,57,71-73,78H,5-8,10-12,14-19,22-23,26-31,33-34,36-41,43-44,46-52,54-56,58-70H2,1-4H3,(H,83,84)(H,85,86)/b13-9-,24-20-,25-21-,35-32-,45-42-,57-53-. The smallest absolute Gasteiger partial charge is 0.462 e. The number of aliphatic hydroxyl groups is 1. The third-order valence-corrected chi connectivity index (χ3v) is 18.1. The van der Waals surface area contributed by atoms with Crippen LogP contribution in [-0.2, 0) is 65.4 Å². The van der Waals surface area contributed by atoms with Gasteiger partial charge in [0.1, 0.15) is 19.3 Å². The fourth-order valence-electron chi connectivity index (χ4n) is 10.4. The van der Waals surface area contributed by atoms with E-state index < -0.39 is 97.5 Å². The summed E-state index contributed by atoms with van der Waals surface area (Å²) >= 11 is 0. The Hall–Kier alpha value is -3.50. The molecule has 5 unspecified atom stereocenters. The van der Waals surface area contributed by atoms with Crippen molar-refractivity contribution in [3.8, 4) is 0 Å². The van der Waals surface area contributed by atoms with Gasteiger partial charge >= 0.3 is 39.5 Å². The molecule has 0 aromatic carbocycles. The Bertz CT molecular complexity index is 2110. The molecule has 0 heterocycles. The number of allylic oxidation sites excluding steroid dienone is 11. The van der Waals surface area contributed by atoms with Crippen LogP contribution in [0.2, 0.25) is 0 Å². The number of hydrogen-bond acceptors (Lipinski definition) is 15. The van der Waals surface area contributed by atoms with Gasteiger partial charge in [-0.1, -0.05) is 312 Å². The highest BCUT2D eigenvalue weighted by Crippen LogP contribution is 2.45. The predicted octanol–water partition coefficient (Wildman–Crippen LogP) is 21.7. The summed E-state index contributed by atoms with van der Waals surface area (Å²) in [6.07, 6.45) is 69.3. The number of esters is 4. The van der Waals surface area contributed by atoms with E-state index in [2.05, 4.69) is 76.3 Å². The van der Waals surface area contributed by atoms with Crippen molar-refractivity contribution < 1.29 is 80.2 Å². The Morgan fingerprint density at radius 1 is 0.312 bits per heavy atom. The molecule has 3 N–H and O–H groups in total. The molecule has 5 atom stereocenters. The van der Waals surface area contributed by atoms with Gasteiger partial charge in [0, 0.05) is 19.3 Å². The summed E-state index contributed by atoms with van der Waals surface area (Å²) in [7, 11) is -9.96. The van der Waals surface area contributed by atoms with Gasteiger partial charge in [-0.05, 0) is 70.6 Å². The van der Waals surface area contributed by atoms with Gasteiger partial charge in [-0.2, -0.15) is 0 Å². The summed E-state index contributed by atoms with van der Waals surface area (Å²) in [4.78, 5) is 72.7. The first-order valence-corrected chi connectivity index (χ1v) is 41.2. The van der Waals surface area contributed by atoms with Gasteiger partial charge in [0.05, 0.1) is 32.8 Å². The maximum Gasteiger partial charge on any atom is 0.472 e. The van der Waals surface area contributed by atoms with Crippen molar-refractivity contribution in [2.24, 2.45) is 0 Å². The molecule has 0 aliphatic carbocycles.